The molecule has 43 heavy (non-hydrogen) atoms. The summed E-state index contributed by atoms with van der Waals surface area (Å²) in [5.74, 6) is -1.45. The van der Waals surface area contributed by atoms with E-state index < -0.39 is 28.7 Å². The molecule has 7 atom stereocenters. The second-order valence-corrected chi connectivity index (χ2v) is 13.6. The Morgan fingerprint density at radius 2 is 1.70 bits per heavy atom. The summed E-state index contributed by atoms with van der Waals surface area (Å²) in [7, 11) is 0. The standard InChI is InChI=1S/C34H50N4O4S/c1-8-18-36(19-9-2)31(40)28-27-21-23(7)34(43-27)29(28)32(41)38(24(11-4)22-39)30(34)33(42)37(20-10-3)26-16-14-25(15-17-26)35(12-5)13-6/h8,10,14-17,23-24,27-30,39H,1,3,9,11-13,18-22H2,2,4-7H3/t23?,24-,27+,28-,29-,30?,34?/m0/s1. The molecule has 1 aromatic carbocycles. The number of rotatable bonds is 15. The topological polar surface area (TPSA) is 84.4 Å². The molecule has 3 aliphatic rings. The van der Waals surface area contributed by atoms with Crippen molar-refractivity contribution in [3.8, 4) is 0 Å². The second kappa shape index (κ2) is 13.9. The van der Waals surface area contributed by atoms with Gasteiger partial charge in [0.2, 0.25) is 11.8 Å². The number of hydrogen-bond acceptors (Lipinski definition) is 6. The summed E-state index contributed by atoms with van der Waals surface area (Å²) >= 11 is 1.68. The second-order valence-electron chi connectivity index (χ2n) is 12.0. The van der Waals surface area contributed by atoms with Gasteiger partial charge in [0.1, 0.15) is 6.04 Å². The maximum atomic E-state index is 14.9. The van der Waals surface area contributed by atoms with E-state index in [0.29, 0.717) is 19.5 Å². The number of aliphatic hydroxyl groups excluding tert-OH is 1. The molecular formula is C34H50N4O4S. The van der Waals surface area contributed by atoms with Crippen LogP contribution in [0.25, 0.3) is 0 Å². The summed E-state index contributed by atoms with van der Waals surface area (Å²) in [4.78, 5) is 51.1. The number of likely N-dealkylation sites (tertiary alicyclic amines) is 1. The van der Waals surface area contributed by atoms with Gasteiger partial charge in [-0.15, -0.1) is 24.9 Å². The fraction of sp³-hybridized carbons (Fsp3) is 0.618. The molecule has 236 valence electrons. The van der Waals surface area contributed by atoms with Gasteiger partial charge in [-0.3, -0.25) is 14.4 Å². The summed E-state index contributed by atoms with van der Waals surface area (Å²) < 4.78 is -0.756. The molecule has 8 nitrogen and oxygen atoms in total. The SMILES string of the molecule is C=CCN(CCC)C(=O)[C@@H]1[C@H]2C(=O)N([C@@H](CC)CO)C(C(=O)N(CC=C)c3ccc(N(CC)CC)cc3)C23S[C@@H]1CC3C. The molecule has 3 heterocycles. The minimum absolute atomic E-state index is 0.0218. The highest BCUT2D eigenvalue weighted by atomic mass is 32.2. The monoisotopic (exact) mass is 610 g/mol. The molecule has 0 aromatic heterocycles. The Morgan fingerprint density at radius 3 is 2.23 bits per heavy atom. The molecule has 2 bridgehead atoms. The summed E-state index contributed by atoms with van der Waals surface area (Å²) in [6, 6.07) is 6.67. The smallest absolute Gasteiger partial charge is 0.251 e. The fourth-order valence-electron chi connectivity index (χ4n) is 7.79. The Morgan fingerprint density at radius 1 is 1.07 bits per heavy atom. The molecule has 3 unspecified atom stereocenters. The highest BCUT2D eigenvalue weighted by molar-refractivity contribution is 8.02. The van der Waals surface area contributed by atoms with Crippen molar-refractivity contribution < 1.29 is 19.5 Å². The van der Waals surface area contributed by atoms with Gasteiger partial charge in [-0.1, -0.05) is 32.9 Å². The molecule has 9 heteroatoms. The third-order valence-electron chi connectivity index (χ3n) is 9.80. The first kappa shape index (κ1) is 33.1. The summed E-state index contributed by atoms with van der Waals surface area (Å²) in [5, 5.41) is 10.4. The lowest BCUT2D eigenvalue weighted by molar-refractivity contribution is -0.145. The third-order valence-corrected chi connectivity index (χ3v) is 11.9. The number of fused-ring (bicyclic) bond motifs is 1. The van der Waals surface area contributed by atoms with Crippen molar-refractivity contribution in [2.24, 2.45) is 17.8 Å². The molecular weight excluding hydrogens is 560 g/mol. The lowest BCUT2D eigenvalue weighted by Crippen LogP contribution is -2.59. The van der Waals surface area contributed by atoms with Crippen LogP contribution in [0.15, 0.2) is 49.6 Å². The molecule has 0 radical (unpaired) electrons. The summed E-state index contributed by atoms with van der Waals surface area (Å²) in [6.07, 6.45) is 5.53. The molecule has 0 saturated carbocycles. The van der Waals surface area contributed by atoms with Gasteiger partial charge in [0.25, 0.3) is 5.91 Å². The lowest BCUT2D eigenvalue weighted by Gasteiger charge is -2.42. The molecule has 3 saturated heterocycles. The fourth-order valence-corrected chi connectivity index (χ4v) is 10.2. The Kier molecular flexibility index (Phi) is 10.7. The number of amides is 3. The van der Waals surface area contributed by atoms with Crippen molar-refractivity contribution in [2.45, 2.75) is 76.0 Å². The lowest BCUT2D eigenvalue weighted by atomic mass is 9.65. The van der Waals surface area contributed by atoms with E-state index >= 15 is 0 Å². The molecule has 1 spiro atoms. The van der Waals surface area contributed by atoms with Crippen molar-refractivity contribution in [2.75, 3.05) is 49.1 Å². The molecule has 0 aliphatic carbocycles. The largest absolute Gasteiger partial charge is 0.394 e. The van der Waals surface area contributed by atoms with Crippen molar-refractivity contribution in [1.82, 2.24) is 9.80 Å². The van der Waals surface area contributed by atoms with E-state index in [-0.39, 0.29) is 42.0 Å². The van der Waals surface area contributed by atoms with Crippen molar-refractivity contribution in [3.63, 3.8) is 0 Å². The van der Waals surface area contributed by atoms with E-state index in [2.05, 4.69) is 38.8 Å². The highest BCUT2D eigenvalue weighted by Crippen LogP contribution is 2.69. The van der Waals surface area contributed by atoms with Gasteiger partial charge in [0, 0.05) is 49.3 Å². The zero-order valence-electron chi connectivity index (χ0n) is 26.6. The zero-order chi connectivity index (χ0) is 31.5. The van der Waals surface area contributed by atoms with Gasteiger partial charge in [0.05, 0.1) is 29.2 Å². The quantitative estimate of drug-likeness (QED) is 0.293. The summed E-state index contributed by atoms with van der Waals surface area (Å²) in [6.45, 7) is 20.9. The average molecular weight is 611 g/mol. The van der Waals surface area contributed by atoms with Crippen molar-refractivity contribution >= 4 is 40.9 Å². The maximum absolute atomic E-state index is 14.9. The molecule has 1 aromatic rings. The van der Waals surface area contributed by atoms with Gasteiger partial charge < -0.3 is 24.7 Å². The number of thioether (sulfide) groups is 1. The first-order valence-corrected chi connectivity index (χ1v) is 16.9. The number of nitrogens with zero attached hydrogens (tertiary/aromatic N) is 4. The van der Waals surface area contributed by atoms with E-state index in [9.17, 15) is 19.5 Å². The van der Waals surface area contributed by atoms with Crippen LogP contribution in [0.3, 0.4) is 0 Å². The van der Waals surface area contributed by atoms with E-state index in [1.807, 2.05) is 43.0 Å². The van der Waals surface area contributed by atoms with Crippen LogP contribution in [0.2, 0.25) is 0 Å². The number of benzene rings is 1. The van der Waals surface area contributed by atoms with Crippen molar-refractivity contribution in [1.29, 1.82) is 0 Å². The van der Waals surface area contributed by atoms with E-state index in [4.69, 9.17) is 0 Å². The molecule has 3 fully saturated rings. The van der Waals surface area contributed by atoms with Gasteiger partial charge in [-0.2, -0.15) is 0 Å². The van der Waals surface area contributed by atoms with Gasteiger partial charge >= 0.3 is 0 Å². The van der Waals surface area contributed by atoms with Crippen LogP contribution in [-0.4, -0.2) is 94.0 Å². The minimum atomic E-state index is -0.800. The maximum Gasteiger partial charge on any atom is 0.251 e. The number of hydrogen-bond donors (Lipinski definition) is 1. The first-order chi connectivity index (χ1) is 20.7. The van der Waals surface area contributed by atoms with Crippen LogP contribution in [0.1, 0.15) is 53.9 Å². The van der Waals surface area contributed by atoms with Gasteiger partial charge in [-0.05, 0) is 63.3 Å². The van der Waals surface area contributed by atoms with Crippen LogP contribution < -0.4 is 9.80 Å². The van der Waals surface area contributed by atoms with Crippen molar-refractivity contribution in [3.05, 3.63) is 49.6 Å². The van der Waals surface area contributed by atoms with Crippen LogP contribution in [0.4, 0.5) is 11.4 Å². The Labute approximate surface area is 262 Å². The highest BCUT2D eigenvalue weighted by Gasteiger charge is 2.77. The van der Waals surface area contributed by atoms with Crippen LogP contribution >= 0.6 is 11.8 Å². The van der Waals surface area contributed by atoms with E-state index in [1.54, 1.807) is 33.7 Å². The molecule has 3 amide bonds. The van der Waals surface area contributed by atoms with Crippen LogP contribution in [-0.2, 0) is 14.4 Å². The normalized spacial score (nSPS) is 28.0. The Balaban J connectivity index is 1.80. The molecule has 1 N–H and O–H groups in total. The third kappa shape index (κ3) is 5.52. The molecule has 3 aliphatic heterocycles. The number of carbonyl (C=O) groups is 3. The first-order valence-electron chi connectivity index (χ1n) is 16.0. The summed E-state index contributed by atoms with van der Waals surface area (Å²) in [5.41, 5.74) is 1.82. The number of anilines is 2. The van der Waals surface area contributed by atoms with Gasteiger partial charge in [-0.25, -0.2) is 0 Å². The minimum Gasteiger partial charge on any atom is -0.394 e. The van der Waals surface area contributed by atoms with Crippen LogP contribution in [0.5, 0.6) is 0 Å². The zero-order valence-corrected chi connectivity index (χ0v) is 27.4. The Bertz CT molecular complexity index is 1180. The Hall–Kier alpha value is -2.78. The number of aliphatic hydroxyl groups is 1. The van der Waals surface area contributed by atoms with Gasteiger partial charge in [0.15, 0.2) is 0 Å². The van der Waals surface area contributed by atoms with E-state index in [1.165, 1.54) is 0 Å². The predicted octanol–water partition coefficient (Wildman–Crippen LogP) is 4.58. The molecule has 4 rings (SSSR count). The van der Waals surface area contributed by atoms with E-state index in [0.717, 1.165) is 37.3 Å². The average Bonchev–Trinajstić information content (AvgIpc) is 3.60. The predicted molar refractivity (Wildman–Crippen MR) is 176 cm³/mol. The van der Waals surface area contributed by atoms with Crippen LogP contribution in [0, 0.1) is 17.8 Å². The number of carbonyl (C=O) groups excluding carboxylic acids is 3.